The van der Waals surface area contributed by atoms with E-state index in [1.807, 2.05) is 56.3 Å². The fourth-order valence-electron chi connectivity index (χ4n) is 2.94. The maximum Gasteiger partial charge on any atom is 0.326 e. The lowest BCUT2D eigenvalue weighted by Gasteiger charge is -2.22. The van der Waals surface area contributed by atoms with Gasteiger partial charge in [-0.1, -0.05) is 30.3 Å². The molecule has 5 heteroatoms. The molecule has 2 aromatic carbocycles. The summed E-state index contributed by atoms with van der Waals surface area (Å²) in [6, 6.07) is 14.9. The molecule has 0 aliphatic rings. The van der Waals surface area contributed by atoms with Gasteiger partial charge in [-0.05, 0) is 37.6 Å². The van der Waals surface area contributed by atoms with Crippen molar-refractivity contribution in [3.05, 3.63) is 70.6 Å². The Kier molecular flexibility index (Phi) is 4.57. The number of fused-ring (bicyclic) bond motifs is 1. The molecule has 5 nitrogen and oxygen atoms in total. The zero-order chi connectivity index (χ0) is 18.0. The quantitative estimate of drug-likeness (QED) is 0.789. The van der Waals surface area contributed by atoms with Crippen molar-refractivity contribution >= 4 is 28.2 Å². The van der Waals surface area contributed by atoms with Gasteiger partial charge in [-0.2, -0.15) is 0 Å². The van der Waals surface area contributed by atoms with E-state index in [0.29, 0.717) is 17.6 Å². The Balaban J connectivity index is 1.99. The summed E-state index contributed by atoms with van der Waals surface area (Å²) in [6.07, 6.45) is 1.66. The summed E-state index contributed by atoms with van der Waals surface area (Å²) in [5.41, 5.74) is 2.47. The van der Waals surface area contributed by atoms with Crippen LogP contribution in [0.2, 0.25) is 0 Å². The largest absolute Gasteiger partial charge is 0.326 e. The van der Waals surface area contributed by atoms with Crippen molar-refractivity contribution in [1.82, 2.24) is 4.57 Å². The first-order chi connectivity index (χ1) is 12.0. The molecule has 2 amide bonds. The Morgan fingerprint density at radius 2 is 1.84 bits per heavy atom. The number of urea groups is 1. The van der Waals surface area contributed by atoms with Crippen molar-refractivity contribution in [2.24, 2.45) is 7.05 Å². The first-order valence-corrected chi connectivity index (χ1v) is 8.25. The number of carbonyl (C=O) groups is 1. The third kappa shape index (κ3) is 3.26. The van der Waals surface area contributed by atoms with Crippen LogP contribution in [0.1, 0.15) is 12.5 Å². The molecule has 25 heavy (non-hydrogen) atoms. The van der Waals surface area contributed by atoms with E-state index in [1.165, 1.54) is 4.57 Å². The highest BCUT2D eigenvalue weighted by atomic mass is 16.2. The number of aryl methyl sites for hydroxylation is 2. The van der Waals surface area contributed by atoms with Gasteiger partial charge in [0.1, 0.15) is 0 Å². The smallest absolute Gasteiger partial charge is 0.316 e. The second-order valence-corrected chi connectivity index (χ2v) is 6.02. The molecular formula is C20H21N3O2. The van der Waals surface area contributed by atoms with E-state index in [2.05, 4.69) is 5.32 Å². The van der Waals surface area contributed by atoms with Crippen LogP contribution in [0.25, 0.3) is 10.8 Å². The van der Waals surface area contributed by atoms with E-state index in [4.69, 9.17) is 0 Å². The number of amides is 2. The van der Waals surface area contributed by atoms with Crippen molar-refractivity contribution in [3.63, 3.8) is 0 Å². The molecule has 1 aromatic heterocycles. The molecular weight excluding hydrogens is 314 g/mol. The highest BCUT2D eigenvalue weighted by Crippen LogP contribution is 2.22. The van der Waals surface area contributed by atoms with Gasteiger partial charge in [-0.25, -0.2) is 4.79 Å². The van der Waals surface area contributed by atoms with Crippen LogP contribution in [-0.2, 0) is 7.05 Å². The molecule has 0 fully saturated rings. The summed E-state index contributed by atoms with van der Waals surface area (Å²) in [5.74, 6) is 0. The SMILES string of the molecule is CCN(C(=O)Nc1cn(C)c(=O)c2ccccc12)c1cccc(C)c1. The van der Waals surface area contributed by atoms with Gasteiger partial charge in [-0.3, -0.25) is 9.69 Å². The minimum absolute atomic E-state index is 0.0837. The van der Waals surface area contributed by atoms with Crippen LogP contribution in [0, 0.1) is 6.92 Å². The standard InChI is InChI=1S/C20H21N3O2/c1-4-23(15-9-7-8-14(2)12-15)20(25)21-18-13-22(3)19(24)17-11-6-5-10-16(17)18/h5-13H,4H2,1-3H3,(H,21,25). The number of nitrogens with zero attached hydrogens (tertiary/aromatic N) is 2. The number of benzene rings is 2. The number of anilines is 2. The minimum atomic E-state index is -0.225. The fourth-order valence-corrected chi connectivity index (χ4v) is 2.94. The van der Waals surface area contributed by atoms with E-state index in [9.17, 15) is 9.59 Å². The molecule has 0 saturated heterocycles. The first kappa shape index (κ1) is 16.8. The molecule has 0 bridgehead atoms. The van der Waals surface area contributed by atoms with Gasteiger partial charge >= 0.3 is 6.03 Å². The van der Waals surface area contributed by atoms with Gasteiger partial charge < -0.3 is 9.88 Å². The maximum atomic E-state index is 12.8. The van der Waals surface area contributed by atoms with E-state index in [-0.39, 0.29) is 11.6 Å². The molecule has 128 valence electrons. The van der Waals surface area contributed by atoms with Crippen LogP contribution < -0.4 is 15.8 Å². The molecule has 0 unspecified atom stereocenters. The monoisotopic (exact) mass is 335 g/mol. The summed E-state index contributed by atoms with van der Waals surface area (Å²) in [4.78, 5) is 26.8. The third-order valence-corrected chi connectivity index (χ3v) is 4.21. The number of hydrogen-bond acceptors (Lipinski definition) is 2. The van der Waals surface area contributed by atoms with E-state index < -0.39 is 0 Å². The molecule has 0 saturated carbocycles. The van der Waals surface area contributed by atoms with Crippen LogP contribution >= 0.6 is 0 Å². The molecule has 0 radical (unpaired) electrons. The normalized spacial score (nSPS) is 10.7. The number of nitrogens with one attached hydrogen (secondary N) is 1. The van der Waals surface area contributed by atoms with Crippen LogP contribution in [0.3, 0.4) is 0 Å². The number of pyridine rings is 1. The average molecular weight is 335 g/mol. The second-order valence-electron chi connectivity index (χ2n) is 6.02. The highest BCUT2D eigenvalue weighted by Gasteiger charge is 2.16. The summed E-state index contributed by atoms with van der Waals surface area (Å²) < 4.78 is 1.49. The van der Waals surface area contributed by atoms with Crippen LogP contribution in [0.15, 0.2) is 59.5 Å². The lowest BCUT2D eigenvalue weighted by atomic mass is 10.1. The Bertz CT molecular complexity index is 992. The molecule has 1 N–H and O–H groups in total. The fraction of sp³-hybridized carbons (Fsp3) is 0.200. The van der Waals surface area contributed by atoms with Gasteiger partial charge in [0.25, 0.3) is 5.56 Å². The van der Waals surface area contributed by atoms with Crippen LogP contribution in [0.4, 0.5) is 16.2 Å². The van der Waals surface area contributed by atoms with E-state index in [1.54, 1.807) is 24.2 Å². The van der Waals surface area contributed by atoms with Gasteiger partial charge in [0.2, 0.25) is 0 Å². The second kappa shape index (κ2) is 6.81. The average Bonchev–Trinajstić information content (AvgIpc) is 2.60. The predicted octanol–water partition coefficient (Wildman–Crippen LogP) is 3.91. The molecule has 3 aromatic rings. The number of hydrogen-bond donors (Lipinski definition) is 1. The minimum Gasteiger partial charge on any atom is -0.316 e. The highest BCUT2D eigenvalue weighted by molar-refractivity contribution is 6.07. The van der Waals surface area contributed by atoms with Gasteiger partial charge in [0.05, 0.1) is 5.69 Å². The lowest BCUT2D eigenvalue weighted by Crippen LogP contribution is -2.35. The Labute approximate surface area is 146 Å². The number of rotatable bonds is 3. The van der Waals surface area contributed by atoms with Gasteiger partial charge in [0.15, 0.2) is 0 Å². The van der Waals surface area contributed by atoms with Crippen molar-refractivity contribution in [1.29, 1.82) is 0 Å². The zero-order valence-corrected chi connectivity index (χ0v) is 14.6. The number of aromatic nitrogens is 1. The van der Waals surface area contributed by atoms with Crippen molar-refractivity contribution in [3.8, 4) is 0 Å². The summed E-state index contributed by atoms with van der Waals surface area (Å²) >= 11 is 0. The van der Waals surface area contributed by atoms with Crippen molar-refractivity contribution in [2.75, 3.05) is 16.8 Å². The van der Waals surface area contributed by atoms with E-state index >= 15 is 0 Å². The number of carbonyl (C=O) groups excluding carboxylic acids is 1. The van der Waals surface area contributed by atoms with Gasteiger partial charge in [-0.15, -0.1) is 0 Å². The van der Waals surface area contributed by atoms with Crippen molar-refractivity contribution in [2.45, 2.75) is 13.8 Å². The third-order valence-electron chi connectivity index (χ3n) is 4.21. The Morgan fingerprint density at radius 3 is 2.52 bits per heavy atom. The molecule has 0 atom stereocenters. The zero-order valence-electron chi connectivity index (χ0n) is 14.6. The summed E-state index contributed by atoms with van der Waals surface area (Å²) in [6.45, 7) is 4.47. The predicted molar refractivity (Wildman–Crippen MR) is 102 cm³/mol. The lowest BCUT2D eigenvalue weighted by molar-refractivity contribution is 0.257. The molecule has 1 heterocycles. The summed E-state index contributed by atoms with van der Waals surface area (Å²) in [5, 5.41) is 4.27. The first-order valence-electron chi connectivity index (χ1n) is 8.25. The Hall–Kier alpha value is -3.08. The summed E-state index contributed by atoms with van der Waals surface area (Å²) in [7, 11) is 1.68. The molecule has 0 aliphatic heterocycles. The topological polar surface area (TPSA) is 54.3 Å². The van der Waals surface area contributed by atoms with Gasteiger partial charge in [0, 0.05) is 36.2 Å². The van der Waals surface area contributed by atoms with Crippen molar-refractivity contribution < 1.29 is 4.79 Å². The maximum absolute atomic E-state index is 12.8. The van der Waals surface area contributed by atoms with Crippen LogP contribution in [-0.4, -0.2) is 17.1 Å². The Morgan fingerprint density at radius 1 is 1.12 bits per heavy atom. The molecule has 0 spiro atoms. The molecule has 3 rings (SSSR count). The molecule has 0 aliphatic carbocycles. The van der Waals surface area contributed by atoms with E-state index in [0.717, 1.165) is 16.6 Å². The van der Waals surface area contributed by atoms with Crippen LogP contribution in [0.5, 0.6) is 0 Å².